The van der Waals surface area contributed by atoms with Gasteiger partial charge in [-0.3, -0.25) is 0 Å². The van der Waals surface area contributed by atoms with Gasteiger partial charge in [-0.05, 0) is 49.2 Å². The molecule has 0 bridgehead atoms. The second kappa shape index (κ2) is 3.58. The molecule has 0 spiro atoms. The molecule has 0 saturated heterocycles. The molecule has 1 nitrogen and oxygen atoms in total. The van der Waals surface area contributed by atoms with E-state index in [0.29, 0.717) is 0 Å². The highest BCUT2D eigenvalue weighted by Gasteiger charge is 2.19. The number of hydrogen-bond acceptors (Lipinski definition) is 2. The third-order valence-electron chi connectivity index (χ3n) is 2.63. The van der Waals surface area contributed by atoms with Crippen LogP contribution >= 0.6 is 11.3 Å². The molecule has 1 atom stereocenters. The summed E-state index contributed by atoms with van der Waals surface area (Å²) in [4.78, 5) is 1.63. The lowest BCUT2D eigenvalue weighted by Crippen LogP contribution is -2.20. The van der Waals surface area contributed by atoms with Crippen LogP contribution in [-0.4, -0.2) is 13.6 Å². The van der Waals surface area contributed by atoms with Gasteiger partial charge in [-0.25, -0.2) is 0 Å². The van der Waals surface area contributed by atoms with Gasteiger partial charge in [-0.1, -0.05) is 0 Å². The van der Waals surface area contributed by atoms with E-state index in [0.717, 1.165) is 12.5 Å². The molecule has 12 heavy (non-hydrogen) atoms. The summed E-state index contributed by atoms with van der Waals surface area (Å²) in [6.45, 7) is 1.14. The quantitative estimate of drug-likeness (QED) is 0.738. The minimum Gasteiger partial charge on any atom is -0.319 e. The normalized spacial score (nSPS) is 22.2. The van der Waals surface area contributed by atoms with E-state index < -0.39 is 0 Å². The summed E-state index contributed by atoms with van der Waals surface area (Å²) < 4.78 is 0. The van der Waals surface area contributed by atoms with Gasteiger partial charge >= 0.3 is 0 Å². The summed E-state index contributed by atoms with van der Waals surface area (Å²) in [6, 6.07) is 2.31. The molecule has 1 N–H and O–H groups in total. The first-order valence-corrected chi connectivity index (χ1v) is 5.50. The van der Waals surface area contributed by atoms with Crippen LogP contribution in [0.5, 0.6) is 0 Å². The lowest BCUT2D eigenvalue weighted by molar-refractivity contribution is 0.534. The van der Waals surface area contributed by atoms with E-state index in [4.69, 9.17) is 0 Å². The summed E-state index contributed by atoms with van der Waals surface area (Å²) in [5.41, 5.74) is 1.61. The van der Waals surface area contributed by atoms with Crippen LogP contribution in [0.15, 0.2) is 11.4 Å². The van der Waals surface area contributed by atoms with Crippen molar-refractivity contribution in [2.45, 2.75) is 25.2 Å². The third-order valence-corrected chi connectivity index (χ3v) is 3.62. The fourth-order valence-corrected chi connectivity index (χ4v) is 3.05. The Labute approximate surface area is 77.8 Å². The Balaban J connectivity index is 2.19. The van der Waals surface area contributed by atoms with Crippen LogP contribution in [0.2, 0.25) is 0 Å². The van der Waals surface area contributed by atoms with Crippen LogP contribution in [0, 0.1) is 0 Å². The Kier molecular flexibility index (Phi) is 2.47. The van der Waals surface area contributed by atoms with Crippen molar-refractivity contribution >= 4 is 11.3 Å². The molecule has 1 aliphatic carbocycles. The highest BCUT2D eigenvalue weighted by atomic mass is 32.1. The molecule has 66 valence electrons. The van der Waals surface area contributed by atoms with E-state index >= 15 is 0 Å². The van der Waals surface area contributed by atoms with Crippen molar-refractivity contribution < 1.29 is 0 Å². The van der Waals surface area contributed by atoms with E-state index in [1.165, 1.54) is 19.3 Å². The predicted octanol–water partition coefficient (Wildman–Crippen LogP) is 2.39. The Bertz CT molecular complexity index is 254. The van der Waals surface area contributed by atoms with Crippen molar-refractivity contribution in [3.8, 4) is 0 Å². The molecule has 1 aromatic rings. The molecule has 1 aromatic heterocycles. The predicted molar refractivity (Wildman–Crippen MR) is 53.9 cm³/mol. The van der Waals surface area contributed by atoms with Crippen molar-refractivity contribution in [3.05, 3.63) is 21.9 Å². The Morgan fingerprint density at radius 3 is 3.42 bits per heavy atom. The van der Waals surface area contributed by atoms with Gasteiger partial charge in [0.15, 0.2) is 0 Å². The molecule has 1 aliphatic rings. The van der Waals surface area contributed by atoms with Gasteiger partial charge in [0.25, 0.3) is 0 Å². The smallest absolute Gasteiger partial charge is 0.00805 e. The summed E-state index contributed by atoms with van der Waals surface area (Å²) in [5.74, 6) is 0.782. The van der Waals surface area contributed by atoms with E-state index in [1.807, 2.05) is 18.4 Å². The zero-order valence-electron chi connectivity index (χ0n) is 7.47. The molecule has 0 fully saturated rings. The minimum absolute atomic E-state index is 0.782. The van der Waals surface area contributed by atoms with E-state index in [1.54, 1.807) is 10.4 Å². The largest absolute Gasteiger partial charge is 0.319 e. The number of fused-ring (bicyclic) bond motifs is 1. The van der Waals surface area contributed by atoms with E-state index in [-0.39, 0.29) is 0 Å². The van der Waals surface area contributed by atoms with Gasteiger partial charge in [-0.2, -0.15) is 0 Å². The summed E-state index contributed by atoms with van der Waals surface area (Å²) in [5, 5.41) is 5.51. The van der Waals surface area contributed by atoms with Gasteiger partial charge in [0, 0.05) is 11.4 Å². The second-order valence-electron chi connectivity index (χ2n) is 3.45. The van der Waals surface area contributed by atoms with Crippen LogP contribution in [0.25, 0.3) is 0 Å². The maximum Gasteiger partial charge on any atom is 0.00805 e. The average molecular weight is 181 g/mol. The fraction of sp³-hybridized carbons (Fsp3) is 0.600. The van der Waals surface area contributed by atoms with Gasteiger partial charge < -0.3 is 5.32 Å². The van der Waals surface area contributed by atoms with Crippen LogP contribution in [0.4, 0.5) is 0 Å². The van der Waals surface area contributed by atoms with Gasteiger partial charge in [0.05, 0.1) is 0 Å². The highest BCUT2D eigenvalue weighted by molar-refractivity contribution is 7.10. The number of rotatable bonds is 2. The van der Waals surface area contributed by atoms with Crippen LogP contribution in [0.1, 0.15) is 29.2 Å². The second-order valence-corrected chi connectivity index (χ2v) is 4.45. The number of aryl methyl sites for hydroxylation is 1. The Morgan fingerprint density at radius 1 is 1.67 bits per heavy atom. The van der Waals surface area contributed by atoms with Crippen LogP contribution in [-0.2, 0) is 6.42 Å². The Morgan fingerprint density at radius 2 is 2.58 bits per heavy atom. The molecule has 0 saturated carbocycles. The first-order chi connectivity index (χ1) is 5.92. The van der Waals surface area contributed by atoms with Crippen molar-refractivity contribution in [1.29, 1.82) is 0 Å². The van der Waals surface area contributed by atoms with Crippen molar-refractivity contribution in [1.82, 2.24) is 5.32 Å². The zero-order valence-corrected chi connectivity index (χ0v) is 8.29. The van der Waals surface area contributed by atoms with Gasteiger partial charge in [0.1, 0.15) is 0 Å². The van der Waals surface area contributed by atoms with Crippen molar-refractivity contribution in [3.63, 3.8) is 0 Å². The molecule has 0 aromatic carbocycles. The SMILES string of the molecule is CNC[C@H]1CCCc2sccc21. The third kappa shape index (κ3) is 1.41. The molecule has 1 heterocycles. The Hall–Kier alpha value is -0.340. The fourth-order valence-electron chi connectivity index (χ4n) is 2.04. The summed E-state index contributed by atoms with van der Waals surface area (Å²) >= 11 is 1.93. The lowest BCUT2D eigenvalue weighted by atomic mass is 9.88. The van der Waals surface area contributed by atoms with Crippen LogP contribution < -0.4 is 5.32 Å². The van der Waals surface area contributed by atoms with Gasteiger partial charge in [0.2, 0.25) is 0 Å². The first kappa shape index (κ1) is 8.27. The first-order valence-electron chi connectivity index (χ1n) is 4.62. The molecular formula is C10H15NS. The van der Waals surface area contributed by atoms with Crippen LogP contribution in [0.3, 0.4) is 0 Å². The maximum absolute atomic E-state index is 3.27. The monoisotopic (exact) mass is 181 g/mol. The zero-order chi connectivity index (χ0) is 8.39. The van der Waals surface area contributed by atoms with Crippen molar-refractivity contribution in [2.24, 2.45) is 0 Å². The average Bonchev–Trinajstić information content (AvgIpc) is 2.53. The topological polar surface area (TPSA) is 12.0 Å². The van der Waals surface area contributed by atoms with E-state index in [9.17, 15) is 0 Å². The molecule has 0 amide bonds. The van der Waals surface area contributed by atoms with Crippen molar-refractivity contribution in [2.75, 3.05) is 13.6 Å². The molecule has 0 unspecified atom stereocenters. The summed E-state index contributed by atoms with van der Waals surface area (Å²) in [7, 11) is 2.04. The molecule has 0 radical (unpaired) electrons. The molecule has 2 heteroatoms. The van der Waals surface area contributed by atoms with Gasteiger partial charge in [-0.15, -0.1) is 11.3 Å². The standard InChI is InChI=1S/C10H15NS/c1-11-7-8-3-2-4-10-9(8)5-6-12-10/h5-6,8,11H,2-4,7H2,1H3/t8-/m1/s1. The number of hydrogen-bond donors (Lipinski definition) is 1. The number of likely N-dealkylation sites (N-methyl/N-ethyl adjacent to an activating group) is 1. The summed E-state index contributed by atoms with van der Waals surface area (Å²) in [6.07, 6.45) is 4.05. The molecule has 2 rings (SSSR count). The molecule has 0 aliphatic heterocycles. The number of thiophene rings is 1. The highest BCUT2D eigenvalue weighted by Crippen LogP contribution is 2.34. The maximum atomic E-state index is 3.27. The number of nitrogens with one attached hydrogen (secondary N) is 1. The molecular weight excluding hydrogens is 166 g/mol. The minimum atomic E-state index is 0.782. The van der Waals surface area contributed by atoms with E-state index in [2.05, 4.69) is 16.8 Å². The lowest BCUT2D eigenvalue weighted by Gasteiger charge is -2.21.